The molecule has 0 amide bonds. The van der Waals surface area contributed by atoms with E-state index in [0.29, 0.717) is 12.2 Å². The van der Waals surface area contributed by atoms with Crippen LogP contribution in [0.15, 0.2) is 73.3 Å². The molecule has 2 nitrogen and oxygen atoms in total. The lowest BCUT2D eigenvalue weighted by Crippen LogP contribution is -2.33. The number of allylic oxidation sites excluding steroid dienone is 1. The number of benzene rings is 3. The largest absolute Gasteiger partial charge is 0.462 e. The highest BCUT2D eigenvalue weighted by Gasteiger charge is 2.37. The van der Waals surface area contributed by atoms with Gasteiger partial charge in [0, 0.05) is 0 Å². The molecule has 0 N–H and O–H groups in total. The number of fused-ring (bicyclic) bond motifs is 1. The molecule has 0 aliphatic heterocycles. The molecule has 0 radical (unpaired) electrons. The lowest BCUT2D eigenvalue weighted by atomic mass is 9.63. The third kappa shape index (κ3) is 4.59. The van der Waals surface area contributed by atoms with E-state index in [1.54, 1.807) is 0 Å². The van der Waals surface area contributed by atoms with Crippen molar-refractivity contribution in [3.63, 3.8) is 0 Å². The van der Waals surface area contributed by atoms with Crippen LogP contribution in [0.1, 0.15) is 74.5 Å². The molecule has 0 saturated carbocycles. The first-order chi connectivity index (χ1) is 16.2. The summed E-state index contributed by atoms with van der Waals surface area (Å²) in [6, 6.07) is 21.4. The van der Waals surface area contributed by atoms with Crippen LogP contribution in [0.2, 0.25) is 0 Å². The van der Waals surface area contributed by atoms with Crippen molar-refractivity contribution in [1.29, 1.82) is 0 Å². The summed E-state index contributed by atoms with van der Waals surface area (Å²) in [6.07, 6.45) is 5.20. The van der Waals surface area contributed by atoms with Crippen LogP contribution in [-0.2, 0) is 22.0 Å². The Balaban J connectivity index is 1.79. The average molecular weight is 453 g/mol. The van der Waals surface area contributed by atoms with Crippen molar-refractivity contribution >= 4 is 5.97 Å². The normalized spacial score (nSPS) is 15.9. The maximum Gasteiger partial charge on any atom is 0.338 e. The Hall–Kier alpha value is -3.13. The summed E-state index contributed by atoms with van der Waals surface area (Å²) >= 11 is 0. The van der Waals surface area contributed by atoms with Gasteiger partial charge in [0.2, 0.25) is 0 Å². The molecule has 176 valence electrons. The van der Waals surface area contributed by atoms with Gasteiger partial charge in [0.05, 0.1) is 12.2 Å². The van der Waals surface area contributed by atoms with E-state index in [1.165, 1.54) is 40.7 Å². The van der Waals surface area contributed by atoms with E-state index < -0.39 is 0 Å². The second-order valence-electron chi connectivity index (χ2n) is 10.7. The fraction of sp³-hybridized carbons (Fsp3) is 0.344. The minimum atomic E-state index is -0.282. The molecule has 0 unspecified atom stereocenters. The number of hydrogen-bond donors (Lipinski definition) is 0. The van der Waals surface area contributed by atoms with Crippen LogP contribution in [-0.4, -0.2) is 12.6 Å². The topological polar surface area (TPSA) is 26.3 Å². The molecule has 0 fully saturated rings. The van der Waals surface area contributed by atoms with Crippen LogP contribution in [0.25, 0.3) is 22.3 Å². The number of carbonyl (C=O) groups excluding carboxylic acids is 1. The second kappa shape index (κ2) is 9.25. The molecule has 3 aromatic rings. The van der Waals surface area contributed by atoms with Crippen molar-refractivity contribution in [3.05, 3.63) is 95.6 Å². The summed E-state index contributed by atoms with van der Waals surface area (Å²) in [5, 5.41) is 0. The van der Waals surface area contributed by atoms with E-state index in [-0.39, 0.29) is 16.8 Å². The van der Waals surface area contributed by atoms with E-state index in [0.717, 1.165) is 17.5 Å². The van der Waals surface area contributed by atoms with E-state index >= 15 is 0 Å². The van der Waals surface area contributed by atoms with Crippen LogP contribution >= 0.6 is 0 Å². The molecule has 0 spiro atoms. The van der Waals surface area contributed by atoms with Crippen LogP contribution in [0.5, 0.6) is 0 Å². The Morgan fingerprint density at radius 2 is 1.47 bits per heavy atom. The number of ether oxygens (including phenoxy) is 1. The number of rotatable bonds is 6. The Kier molecular flexibility index (Phi) is 6.53. The van der Waals surface area contributed by atoms with E-state index in [1.807, 2.05) is 37.3 Å². The first kappa shape index (κ1) is 24.0. The number of esters is 1. The average Bonchev–Trinajstić information content (AvgIpc) is 2.83. The monoisotopic (exact) mass is 452 g/mol. The lowest BCUT2D eigenvalue weighted by molar-refractivity contribution is 0.0526. The lowest BCUT2D eigenvalue weighted by Gasteiger charge is -2.42. The van der Waals surface area contributed by atoms with Crippen molar-refractivity contribution in [2.75, 3.05) is 6.61 Å². The number of carbonyl (C=O) groups is 1. The standard InChI is InChI=1S/C32H36O2/c1-7-9-23-12-15-25(22-10-13-24(14-11-22)30(33)34-8-2)20-27(23)26-16-17-28-29(21-26)32(5,6)19-18-31(28,3)4/h7,10-17,20-21H,1,8-9,18-19H2,2-6H3. The van der Waals surface area contributed by atoms with Gasteiger partial charge in [0.1, 0.15) is 0 Å². The zero-order chi connectivity index (χ0) is 24.5. The van der Waals surface area contributed by atoms with Crippen molar-refractivity contribution in [2.24, 2.45) is 0 Å². The van der Waals surface area contributed by atoms with Gasteiger partial charge in [-0.15, -0.1) is 6.58 Å². The molecular weight excluding hydrogens is 416 g/mol. The third-order valence-electron chi connectivity index (χ3n) is 7.37. The molecule has 0 atom stereocenters. The van der Waals surface area contributed by atoms with Crippen LogP contribution in [0, 0.1) is 0 Å². The van der Waals surface area contributed by atoms with Gasteiger partial charge in [0.15, 0.2) is 0 Å². The zero-order valence-corrected chi connectivity index (χ0v) is 21.2. The predicted octanol–water partition coefficient (Wildman–Crippen LogP) is 8.27. The maximum atomic E-state index is 12.0. The van der Waals surface area contributed by atoms with Gasteiger partial charge in [-0.1, -0.05) is 76.2 Å². The first-order valence-corrected chi connectivity index (χ1v) is 12.3. The molecule has 34 heavy (non-hydrogen) atoms. The quantitative estimate of drug-likeness (QED) is 0.278. The van der Waals surface area contributed by atoms with Gasteiger partial charge >= 0.3 is 5.97 Å². The van der Waals surface area contributed by atoms with Crippen LogP contribution in [0.3, 0.4) is 0 Å². The minimum absolute atomic E-state index is 0.167. The molecule has 0 saturated heterocycles. The van der Waals surface area contributed by atoms with Gasteiger partial charge in [-0.05, 0) is 94.2 Å². The summed E-state index contributed by atoms with van der Waals surface area (Å²) in [5.41, 5.74) is 9.88. The molecule has 1 aliphatic rings. The highest BCUT2D eigenvalue weighted by molar-refractivity contribution is 5.90. The summed E-state index contributed by atoms with van der Waals surface area (Å²) in [5.74, 6) is -0.282. The Morgan fingerprint density at radius 1 is 0.853 bits per heavy atom. The summed E-state index contributed by atoms with van der Waals surface area (Å²) in [7, 11) is 0. The highest BCUT2D eigenvalue weighted by atomic mass is 16.5. The molecule has 3 aromatic carbocycles. The summed E-state index contributed by atoms with van der Waals surface area (Å²) < 4.78 is 5.12. The fourth-order valence-corrected chi connectivity index (χ4v) is 5.13. The van der Waals surface area contributed by atoms with Gasteiger partial charge in [-0.3, -0.25) is 0 Å². The molecule has 4 rings (SSSR count). The van der Waals surface area contributed by atoms with Gasteiger partial charge in [-0.2, -0.15) is 0 Å². The Morgan fingerprint density at radius 3 is 2.12 bits per heavy atom. The predicted molar refractivity (Wildman–Crippen MR) is 142 cm³/mol. The Labute approximate surface area is 204 Å². The first-order valence-electron chi connectivity index (χ1n) is 12.3. The minimum Gasteiger partial charge on any atom is -0.462 e. The van der Waals surface area contributed by atoms with E-state index in [2.05, 4.69) is 70.7 Å². The van der Waals surface area contributed by atoms with Gasteiger partial charge < -0.3 is 4.74 Å². The third-order valence-corrected chi connectivity index (χ3v) is 7.37. The summed E-state index contributed by atoms with van der Waals surface area (Å²) in [4.78, 5) is 12.0. The highest BCUT2D eigenvalue weighted by Crippen LogP contribution is 2.47. The molecule has 0 bridgehead atoms. The van der Waals surface area contributed by atoms with Crippen LogP contribution in [0.4, 0.5) is 0 Å². The molecule has 2 heteroatoms. The van der Waals surface area contributed by atoms with Crippen LogP contribution < -0.4 is 0 Å². The van der Waals surface area contributed by atoms with Crippen molar-refractivity contribution in [3.8, 4) is 22.3 Å². The van der Waals surface area contributed by atoms with Crippen molar-refractivity contribution in [1.82, 2.24) is 0 Å². The van der Waals surface area contributed by atoms with Crippen molar-refractivity contribution < 1.29 is 9.53 Å². The molecular formula is C32H36O2. The smallest absolute Gasteiger partial charge is 0.338 e. The van der Waals surface area contributed by atoms with E-state index in [9.17, 15) is 4.79 Å². The molecule has 1 aliphatic carbocycles. The fourth-order valence-electron chi connectivity index (χ4n) is 5.13. The summed E-state index contributed by atoms with van der Waals surface area (Å²) in [6.45, 7) is 15.7. The maximum absolute atomic E-state index is 12.0. The number of hydrogen-bond acceptors (Lipinski definition) is 2. The Bertz CT molecular complexity index is 1210. The van der Waals surface area contributed by atoms with Gasteiger partial charge in [-0.25, -0.2) is 4.79 Å². The van der Waals surface area contributed by atoms with Crippen molar-refractivity contribution in [2.45, 2.75) is 64.7 Å². The zero-order valence-electron chi connectivity index (χ0n) is 21.2. The molecule has 0 heterocycles. The second-order valence-corrected chi connectivity index (χ2v) is 10.7. The molecule has 0 aromatic heterocycles. The van der Waals surface area contributed by atoms with Gasteiger partial charge in [0.25, 0.3) is 0 Å². The van der Waals surface area contributed by atoms with E-state index in [4.69, 9.17) is 4.74 Å². The SMILES string of the molecule is C=CCc1ccc(-c2ccc(C(=O)OCC)cc2)cc1-c1ccc2c(c1)C(C)(C)CCC2(C)C.